The predicted octanol–water partition coefficient (Wildman–Crippen LogP) is 3.21. The highest BCUT2D eigenvalue weighted by atomic mass is 16.3. The van der Waals surface area contributed by atoms with Crippen molar-refractivity contribution in [3.05, 3.63) is 24.3 Å². The van der Waals surface area contributed by atoms with Gasteiger partial charge in [0.05, 0.1) is 0 Å². The first-order chi connectivity index (χ1) is 11.0. The molecule has 0 aromatic heterocycles. The molecule has 1 saturated heterocycles. The van der Waals surface area contributed by atoms with Gasteiger partial charge in [-0.05, 0) is 49.3 Å². The van der Waals surface area contributed by atoms with E-state index in [1.54, 1.807) is 0 Å². The molecule has 1 fully saturated rings. The van der Waals surface area contributed by atoms with Crippen LogP contribution in [-0.2, 0) is 0 Å². The first kappa shape index (κ1) is 17.6. The number of aliphatic hydroxyl groups is 1. The molecule has 1 aromatic carbocycles. The number of benzene rings is 1. The summed E-state index contributed by atoms with van der Waals surface area (Å²) in [6, 6.07) is 7.82. The standard InChI is InChI=1S/C18H29N3O2/c1-18(2,9-12-22)14-19-17(23)20-15-7-6-8-16(13-15)21-10-4-3-5-11-21/h6-8,13,22H,3-5,9-12,14H2,1-2H3,(H2,19,20,23). The molecule has 0 atom stereocenters. The number of aliphatic hydroxyl groups excluding tert-OH is 1. The van der Waals surface area contributed by atoms with E-state index in [2.05, 4.69) is 21.6 Å². The Kier molecular flexibility index (Phi) is 6.28. The molecule has 5 nitrogen and oxygen atoms in total. The number of carbonyl (C=O) groups is 1. The Morgan fingerprint density at radius 3 is 2.70 bits per heavy atom. The predicted molar refractivity (Wildman–Crippen MR) is 95.0 cm³/mol. The maximum atomic E-state index is 12.1. The molecule has 2 rings (SSSR count). The Morgan fingerprint density at radius 2 is 2.00 bits per heavy atom. The summed E-state index contributed by atoms with van der Waals surface area (Å²) in [5.41, 5.74) is 1.87. The van der Waals surface area contributed by atoms with Gasteiger partial charge in [0.15, 0.2) is 0 Å². The second kappa shape index (κ2) is 8.20. The number of nitrogens with zero attached hydrogens (tertiary/aromatic N) is 1. The molecule has 1 aromatic rings. The van der Waals surface area contributed by atoms with Crippen LogP contribution in [0.3, 0.4) is 0 Å². The lowest BCUT2D eigenvalue weighted by atomic mass is 9.90. The minimum atomic E-state index is -0.202. The molecule has 1 aliphatic heterocycles. The van der Waals surface area contributed by atoms with Gasteiger partial charge in [0.1, 0.15) is 0 Å². The minimum Gasteiger partial charge on any atom is -0.396 e. The summed E-state index contributed by atoms with van der Waals surface area (Å²) in [4.78, 5) is 14.4. The van der Waals surface area contributed by atoms with Crippen molar-refractivity contribution in [3.8, 4) is 0 Å². The van der Waals surface area contributed by atoms with E-state index in [4.69, 9.17) is 5.11 Å². The van der Waals surface area contributed by atoms with Crippen LogP contribution in [0.5, 0.6) is 0 Å². The van der Waals surface area contributed by atoms with Crippen molar-refractivity contribution in [1.82, 2.24) is 5.32 Å². The third-order valence-electron chi connectivity index (χ3n) is 4.34. The van der Waals surface area contributed by atoms with E-state index in [-0.39, 0.29) is 18.1 Å². The van der Waals surface area contributed by atoms with Crippen molar-refractivity contribution < 1.29 is 9.90 Å². The zero-order chi connectivity index (χ0) is 16.7. The Bertz CT molecular complexity index is 511. The molecular weight excluding hydrogens is 290 g/mol. The number of anilines is 2. The second-order valence-electron chi connectivity index (χ2n) is 7.04. The monoisotopic (exact) mass is 319 g/mol. The molecule has 0 saturated carbocycles. The molecule has 0 unspecified atom stereocenters. The van der Waals surface area contributed by atoms with Crippen LogP contribution in [0.25, 0.3) is 0 Å². The highest BCUT2D eigenvalue weighted by molar-refractivity contribution is 5.89. The number of nitrogens with one attached hydrogen (secondary N) is 2. The molecule has 0 bridgehead atoms. The van der Waals surface area contributed by atoms with Gasteiger partial charge in [-0.25, -0.2) is 4.79 Å². The van der Waals surface area contributed by atoms with Gasteiger partial charge in [0.25, 0.3) is 0 Å². The van der Waals surface area contributed by atoms with Gasteiger partial charge in [0.2, 0.25) is 0 Å². The van der Waals surface area contributed by atoms with E-state index in [1.807, 2.05) is 32.0 Å². The third kappa shape index (κ3) is 5.75. The smallest absolute Gasteiger partial charge is 0.319 e. The van der Waals surface area contributed by atoms with Crippen LogP contribution in [0.2, 0.25) is 0 Å². The third-order valence-corrected chi connectivity index (χ3v) is 4.34. The molecule has 0 aliphatic carbocycles. The van der Waals surface area contributed by atoms with Gasteiger partial charge in [-0.2, -0.15) is 0 Å². The summed E-state index contributed by atoms with van der Waals surface area (Å²) in [6.07, 6.45) is 4.44. The summed E-state index contributed by atoms with van der Waals surface area (Å²) in [5, 5.41) is 14.8. The van der Waals surface area contributed by atoms with Crippen molar-refractivity contribution in [1.29, 1.82) is 0 Å². The fraction of sp³-hybridized carbons (Fsp3) is 0.611. The zero-order valence-electron chi connectivity index (χ0n) is 14.3. The van der Waals surface area contributed by atoms with Crippen molar-refractivity contribution in [2.45, 2.75) is 39.5 Å². The number of hydrogen-bond donors (Lipinski definition) is 3. The number of rotatable bonds is 6. The van der Waals surface area contributed by atoms with Gasteiger partial charge >= 0.3 is 6.03 Å². The van der Waals surface area contributed by atoms with Crippen LogP contribution in [0.4, 0.5) is 16.2 Å². The van der Waals surface area contributed by atoms with E-state index < -0.39 is 0 Å². The highest BCUT2D eigenvalue weighted by Crippen LogP contribution is 2.23. The number of amides is 2. The first-order valence-electron chi connectivity index (χ1n) is 8.51. The molecule has 2 amide bonds. The molecule has 5 heteroatoms. The normalized spacial score (nSPS) is 15.3. The van der Waals surface area contributed by atoms with Gasteiger partial charge < -0.3 is 20.6 Å². The number of carbonyl (C=O) groups excluding carboxylic acids is 1. The first-order valence-corrected chi connectivity index (χ1v) is 8.51. The molecule has 0 radical (unpaired) electrons. The Labute approximate surface area is 139 Å². The van der Waals surface area contributed by atoms with Crippen molar-refractivity contribution in [2.24, 2.45) is 5.41 Å². The van der Waals surface area contributed by atoms with E-state index in [9.17, 15) is 4.79 Å². The number of piperidine rings is 1. The quantitative estimate of drug-likeness (QED) is 0.754. The van der Waals surface area contributed by atoms with Gasteiger partial charge in [-0.1, -0.05) is 19.9 Å². The summed E-state index contributed by atoms with van der Waals surface area (Å²) >= 11 is 0. The molecular formula is C18H29N3O2. The average molecular weight is 319 g/mol. The van der Waals surface area contributed by atoms with Crippen molar-refractivity contribution in [2.75, 3.05) is 36.5 Å². The molecule has 3 N–H and O–H groups in total. The SMILES string of the molecule is CC(C)(CCO)CNC(=O)Nc1cccc(N2CCCCC2)c1. The Balaban J connectivity index is 1.88. The summed E-state index contributed by atoms with van der Waals surface area (Å²) < 4.78 is 0. The van der Waals surface area contributed by atoms with Crippen LogP contribution >= 0.6 is 0 Å². The van der Waals surface area contributed by atoms with E-state index in [0.717, 1.165) is 18.8 Å². The summed E-state index contributed by atoms with van der Waals surface area (Å²) in [6.45, 7) is 6.90. The van der Waals surface area contributed by atoms with Crippen LogP contribution in [-0.4, -0.2) is 37.4 Å². The lowest BCUT2D eigenvalue weighted by molar-refractivity contribution is 0.204. The van der Waals surface area contributed by atoms with Gasteiger partial charge in [-0.3, -0.25) is 0 Å². The summed E-state index contributed by atoms with van der Waals surface area (Å²) in [5.74, 6) is 0. The molecule has 0 spiro atoms. The summed E-state index contributed by atoms with van der Waals surface area (Å²) in [7, 11) is 0. The van der Waals surface area contributed by atoms with Crippen LogP contribution in [0, 0.1) is 5.41 Å². The van der Waals surface area contributed by atoms with E-state index >= 15 is 0 Å². The molecule has 128 valence electrons. The van der Waals surface area contributed by atoms with Crippen molar-refractivity contribution in [3.63, 3.8) is 0 Å². The Morgan fingerprint density at radius 1 is 1.26 bits per heavy atom. The minimum absolute atomic E-state index is 0.109. The Hall–Kier alpha value is -1.75. The number of urea groups is 1. The maximum Gasteiger partial charge on any atom is 0.319 e. The second-order valence-corrected chi connectivity index (χ2v) is 7.04. The topological polar surface area (TPSA) is 64.6 Å². The van der Waals surface area contributed by atoms with Crippen LogP contribution < -0.4 is 15.5 Å². The lowest BCUT2D eigenvalue weighted by Crippen LogP contribution is -2.37. The fourth-order valence-corrected chi connectivity index (χ4v) is 2.82. The maximum absolute atomic E-state index is 12.1. The van der Waals surface area contributed by atoms with Crippen LogP contribution in [0.1, 0.15) is 39.5 Å². The zero-order valence-corrected chi connectivity index (χ0v) is 14.3. The van der Waals surface area contributed by atoms with E-state index in [1.165, 1.54) is 24.9 Å². The highest BCUT2D eigenvalue weighted by Gasteiger charge is 2.18. The average Bonchev–Trinajstić information content (AvgIpc) is 2.54. The fourth-order valence-electron chi connectivity index (χ4n) is 2.82. The molecule has 23 heavy (non-hydrogen) atoms. The molecule has 1 heterocycles. The lowest BCUT2D eigenvalue weighted by Gasteiger charge is -2.29. The number of hydrogen-bond acceptors (Lipinski definition) is 3. The van der Waals surface area contributed by atoms with Gasteiger partial charge in [0, 0.05) is 37.6 Å². The van der Waals surface area contributed by atoms with Crippen molar-refractivity contribution >= 4 is 17.4 Å². The van der Waals surface area contributed by atoms with Gasteiger partial charge in [-0.15, -0.1) is 0 Å². The van der Waals surface area contributed by atoms with E-state index in [0.29, 0.717) is 13.0 Å². The molecule has 1 aliphatic rings. The largest absolute Gasteiger partial charge is 0.396 e. The van der Waals surface area contributed by atoms with Crippen LogP contribution in [0.15, 0.2) is 24.3 Å².